The van der Waals surface area contributed by atoms with Crippen LogP contribution in [0.4, 0.5) is 0 Å². The molecule has 1 heterocycles. The van der Waals surface area contributed by atoms with Gasteiger partial charge in [-0.2, -0.15) is 0 Å². The van der Waals surface area contributed by atoms with Crippen LogP contribution in [-0.2, 0) is 9.53 Å². The second-order valence-electron chi connectivity index (χ2n) is 3.13. The van der Waals surface area contributed by atoms with Crippen LogP contribution < -0.4 is 5.32 Å². The van der Waals surface area contributed by atoms with Gasteiger partial charge in [-0.3, -0.25) is 4.79 Å². The maximum Gasteiger partial charge on any atom is 0.323 e. The third kappa shape index (κ3) is 3.41. The van der Waals surface area contributed by atoms with E-state index in [-0.39, 0.29) is 30.5 Å². The molecule has 0 aliphatic carbocycles. The summed E-state index contributed by atoms with van der Waals surface area (Å²) in [6.07, 6.45) is 2.01. The summed E-state index contributed by atoms with van der Waals surface area (Å²) in [6.45, 7) is 4.68. The van der Waals surface area contributed by atoms with E-state index in [2.05, 4.69) is 5.32 Å². The van der Waals surface area contributed by atoms with Crippen molar-refractivity contribution in [2.24, 2.45) is 0 Å². The highest BCUT2D eigenvalue weighted by Crippen LogP contribution is 2.07. The van der Waals surface area contributed by atoms with Gasteiger partial charge in [-0.15, -0.1) is 12.4 Å². The molecule has 3 nitrogen and oxygen atoms in total. The monoisotopic (exact) mass is 193 g/mol. The molecule has 0 spiro atoms. The first-order chi connectivity index (χ1) is 5.20. The second-order valence-corrected chi connectivity index (χ2v) is 3.13. The third-order valence-corrected chi connectivity index (χ3v) is 1.70. The van der Waals surface area contributed by atoms with Crippen LogP contribution in [0.2, 0.25) is 0 Å². The molecule has 72 valence electrons. The lowest BCUT2D eigenvalue weighted by molar-refractivity contribution is -0.149. The van der Waals surface area contributed by atoms with Gasteiger partial charge in [0.05, 0.1) is 6.10 Å². The van der Waals surface area contributed by atoms with Gasteiger partial charge in [0, 0.05) is 0 Å². The van der Waals surface area contributed by atoms with Gasteiger partial charge in [0.1, 0.15) is 6.04 Å². The molecule has 12 heavy (non-hydrogen) atoms. The van der Waals surface area contributed by atoms with Crippen LogP contribution >= 0.6 is 12.4 Å². The molecule has 0 unspecified atom stereocenters. The molecule has 0 saturated carbocycles. The molecule has 0 aromatic carbocycles. The van der Waals surface area contributed by atoms with Gasteiger partial charge in [0.15, 0.2) is 0 Å². The lowest BCUT2D eigenvalue weighted by atomic mass is 10.2. The first-order valence-corrected chi connectivity index (χ1v) is 4.14. The second kappa shape index (κ2) is 5.38. The minimum Gasteiger partial charge on any atom is -0.462 e. The Labute approximate surface area is 79.3 Å². The molecule has 0 aromatic rings. The van der Waals surface area contributed by atoms with Crippen molar-refractivity contribution >= 4 is 18.4 Å². The number of esters is 1. The summed E-state index contributed by atoms with van der Waals surface area (Å²) < 4.78 is 5.03. The SMILES string of the molecule is CC(C)OC(=O)[C@@H]1CCCN1.Cl. The normalized spacial score (nSPS) is 22.1. The molecule has 0 aromatic heterocycles. The van der Waals surface area contributed by atoms with Gasteiger partial charge in [-0.25, -0.2) is 0 Å². The van der Waals surface area contributed by atoms with Gasteiger partial charge in [0.2, 0.25) is 0 Å². The summed E-state index contributed by atoms with van der Waals surface area (Å²) in [7, 11) is 0. The van der Waals surface area contributed by atoms with Crippen LogP contribution in [0.3, 0.4) is 0 Å². The minimum atomic E-state index is -0.0995. The smallest absolute Gasteiger partial charge is 0.323 e. The zero-order chi connectivity index (χ0) is 8.27. The van der Waals surface area contributed by atoms with Crippen molar-refractivity contribution in [3.63, 3.8) is 0 Å². The van der Waals surface area contributed by atoms with E-state index in [1.807, 2.05) is 13.8 Å². The van der Waals surface area contributed by atoms with Crippen LogP contribution in [0.25, 0.3) is 0 Å². The lowest BCUT2D eigenvalue weighted by Gasteiger charge is -2.12. The topological polar surface area (TPSA) is 38.3 Å². The summed E-state index contributed by atoms with van der Waals surface area (Å²) >= 11 is 0. The Morgan fingerprint density at radius 2 is 2.25 bits per heavy atom. The number of hydrogen-bond donors (Lipinski definition) is 1. The van der Waals surface area contributed by atoms with Crippen molar-refractivity contribution in [3.05, 3.63) is 0 Å². The zero-order valence-corrected chi connectivity index (χ0v) is 8.32. The van der Waals surface area contributed by atoms with E-state index in [0.29, 0.717) is 0 Å². The molecule has 0 amide bonds. The molecule has 1 aliphatic heterocycles. The molecule has 0 bridgehead atoms. The predicted molar refractivity (Wildman–Crippen MR) is 49.5 cm³/mol. The van der Waals surface area contributed by atoms with Gasteiger partial charge in [0.25, 0.3) is 0 Å². The fourth-order valence-electron chi connectivity index (χ4n) is 1.20. The number of carbonyl (C=O) groups is 1. The van der Waals surface area contributed by atoms with E-state index in [1.165, 1.54) is 0 Å². The zero-order valence-electron chi connectivity index (χ0n) is 7.50. The number of hydrogen-bond acceptors (Lipinski definition) is 3. The molecular weight excluding hydrogens is 178 g/mol. The minimum absolute atomic E-state index is 0. The van der Waals surface area contributed by atoms with Gasteiger partial charge < -0.3 is 10.1 Å². The summed E-state index contributed by atoms with van der Waals surface area (Å²) in [5.74, 6) is -0.0995. The summed E-state index contributed by atoms with van der Waals surface area (Å²) in [5.41, 5.74) is 0. The standard InChI is InChI=1S/C8H15NO2.ClH/c1-6(2)11-8(10)7-4-3-5-9-7;/h6-7,9H,3-5H2,1-2H3;1H/t7-;/m0./s1. The van der Waals surface area contributed by atoms with Gasteiger partial charge in [-0.1, -0.05) is 0 Å². The highest BCUT2D eigenvalue weighted by Gasteiger charge is 2.23. The molecule has 1 saturated heterocycles. The first kappa shape index (κ1) is 11.7. The highest BCUT2D eigenvalue weighted by molar-refractivity contribution is 5.85. The third-order valence-electron chi connectivity index (χ3n) is 1.70. The Balaban J connectivity index is 0.00000121. The Kier molecular flexibility index (Phi) is 5.25. The first-order valence-electron chi connectivity index (χ1n) is 4.14. The molecule has 1 rings (SSSR count). The Hall–Kier alpha value is -0.280. The number of ether oxygens (including phenoxy) is 1. The summed E-state index contributed by atoms with van der Waals surface area (Å²) in [5, 5.41) is 3.09. The number of rotatable bonds is 2. The molecule has 1 aliphatic rings. The molecule has 4 heteroatoms. The van der Waals surface area contributed by atoms with Crippen molar-refractivity contribution < 1.29 is 9.53 Å². The molecule has 1 fully saturated rings. The van der Waals surface area contributed by atoms with Crippen LogP contribution in [0, 0.1) is 0 Å². The molecule has 1 N–H and O–H groups in total. The Bertz CT molecular complexity index is 144. The van der Waals surface area contributed by atoms with Gasteiger partial charge >= 0.3 is 5.97 Å². The molecular formula is C8H16ClNO2. The van der Waals surface area contributed by atoms with Crippen molar-refractivity contribution in [3.8, 4) is 0 Å². The summed E-state index contributed by atoms with van der Waals surface area (Å²) in [4.78, 5) is 11.2. The van der Waals surface area contributed by atoms with Crippen molar-refractivity contribution in [1.82, 2.24) is 5.32 Å². The molecule has 0 radical (unpaired) electrons. The van der Waals surface area contributed by atoms with E-state index in [1.54, 1.807) is 0 Å². The Morgan fingerprint density at radius 1 is 1.58 bits per heavy atom. The van der Waals surface area contributed by atoms with E-state index >= 15 is 0 Å². The highest BCUT2D eigenvalue weighted by atomic mass is 35.5. The maximum absolute atomic E-state index is 11.2. The van der Waals surface area contributed by atoms with Gasteiger partial charge in [-0.05, 0) is 33.2 Å². The quantitative estimate of drug-likeness (QED) is 0.668. The van der Waals surface area contributed by atoms with Crippen LogP contribution in [0.1, 0.15) is 26.7 Å². The van der Waals surface area contributed by atoms with E-state index in [0.717, 1.165) is 19.4 Å². The van der Waals surface area contributed by atoms with Crippen LogP contribution in [-0.4, -0.2) is 24.7 Å². The number of carbonyl (C=O) groups excluding carboxylic acids is 1. The van der Waals surface area contributed by atoms with Crippen molar-refractivity contribution in [2.45, 2.75) is 38.8 Å². The Morgan fingerprint density at radius 3 is 2.67 bits per heavy atom. The van der Waals surface area contributed by atoms with E-state index in [4.69, 9.17) is 4.74 Å². The number of nitrogens with one attached hydrogen (secondary N) is 1. The maximum atomic E-state index is 11.2. The fraction of sp³-hybridized carbons (Fsp3) is 0.875. The van der Waals surface area contributed by atoms with Crippen LogP contribution in [0.5, 0.6) is 0 Å². The van der Waals surface area contributed by atoms with E-state index < -0.39 is 0 Å². The van der Waals surface area contributed by atoms with E-state index in [9.17, 15) is 4.79 Å². The lowest BCUT2D eigenvalue weighted by Crippen LogP contribution is -2.33. The van der Waals surface area contributed by atoms with Crippen molar-refractivity contribution in [1.29, 1.82) is 0 Å². The average Bonchev–Trinajstić information content (AvgIpc) is 2.35. The number of halogens is 1. The summed E-state index contributed by atoms with van der Waals surface area (Å²) in [6, 6.07) is -0.0441. The molecule has 1 atom stereocenters. The largest absolute Gasteiger partial charge is 0.462 e. The van der Waals surface area contributed by atoms with Crippen LogP contribution in [0.15, 0.2) is 0 Å². The predicted octanol–water partition coefficient (Wildman–Crippen LogP) is 1.11. The van der Waals surface area contributed by atoms with Crippen molar-refractivity contribution in [2.75, 3.05) is 6.54 Å². The average molecular weight is 194 g/mol. The fourth-order valence-corrected chi connectivity index (χ4v) is 1.20.